The molecule has 0 unspecified atom stereocenters. The lowest BCUT2D eigenvalue weighted by atomic mass is 10.1. The zero-order valence-electron chi connectivity index (χ0n) is 15.1. The summed E-state index contributed by atoms with van der Waals surface area (Å²) in [5.74, 6) is -0.192. The van der Waals surface area contributed by atoms with Crippen molar-refractivity contribution in [2.24, 2.45) is 0 Å². The SMILES string of the molecule is CN1CCN(c2ccccc2NC(=O)c2ccccc2-n2cnnn2)CC1. The number of carbonyl (C=O) groups is 1. The van der Waals surface area contributed by atoms with E-state index >= 15 is 0 Å². The number of likely N-dealkylation sites (N-methyl/N-ethyl adjacent to an activating group) is 1. The minimum absolute atomic E-state index is 0.192. The molecule has 27 heavy (non-hydrogen) atoms. The van der Waals surface area contributed by atoms with Crippen molar-refractivity contribution in [2.45, 2.75) is 0 Å². The van der Waals surface area contributed by atoms with Gasteiger partial charge in [0.1, 0.15) is 6.33 Å². The van der Waals surface area contributed by atoms with E-state index in [0.717, 1.165) is 37.6 Å². The number of tetrazole rings is 1. The van der Waals surface area contributed by atoms with Crippen molar-refractivity contribution in [1.82, 2.24) is 25.1 Å². The van der Waals surface area contributed by atoms with Crippen LogP contribution in [0.5, 0.6) is 0 Å². The Hall–Kier alpha value is -3.26. The largest absolute Gasteiger partial charge is 0.367 e. The smallest absolute Gasteiger partial charge is 0.257 e. The molecule has 138 valence electrons. The maximum atomic E-state index is 13.0. The van der Waals surface area contributed by atoms with E-state index in [1.54, 1.807) is 6.07 Å². The number of benzene rings is 2. The summed E-state index contributed by atoms with van der Waals surface area (Å²) in [5.41, 5.74) is 2.99. The fourth-order valence-corrected chi connectivity index (χ4v) is 3.23. The van der Waals surface area contributed by atoms with Gasteiger partial charge in [0.25, 0.3) is 5.91 Å². The molecule has 1 aliphatic heterocycles. The predicted molar refractivity (Wildman–Crippen MR) is 103 cm³/mol. The minimum Gasteiger partial charge on any atom is -0.367 e. The highest BCUT2D eigenvalue weighted by atomic mass is 16.1. The van der Waals surface area contributed by atoms with E-state index in [9.17, 15) is 4.79 Å². The number of hydrogen-bond donors (Lipinski definition) is 1. The highest BCUT2D eigenvalue weighted by Gasteiger charge is 2.19. The van der Waals surface area contributed by atoms with Crippen molar-refractivity contribution < 1.29 is 4.79 Å². The molecule has 0 saturated carbocycles. The standard InChI is InChI=1S/C19H21N7O/c1-24-10-12-25(13-11-24)18-9-5-3-7-16(18)21-19(27)15-6-2-4-8-17(15)26-14-20-22-23-26/h2-9,14H,10-13H2,1H3,(H,21,27). The molecule has 1 amide bonds. The number of rotatable bonds is 4. The van der Waals surface area contributed by atoms with Crippen molar-refractivity contribution in [1.29, 1.82) is 0 Å². The molecule has 3 aromatic rings. The average Bonchev–Trinajstić information content (AvgIpc) is 3.24. The average molecular weight is 363 g/mol. The van der Waals surface area contributed by atoms with Gasteiger partial charge in [-0.2, -0.15) is 4.68 Å². The number of carbonyl (C=O) groups excluding carboxylic acids is 1. The number of anilines is 2. The third kappa shape index (κ3) is 3.65. The first-order chi connectivity index (χ1) is 13.2. The molecule has 1 aromatic heterocycles. The number of amides is 1. The molecule has 0 radical (unpaired) electrons. The van der Waals surface area contributed by atoms with Crippen LogP contribution in [-0.2, 0) is 0 Å². The summed E-state index contributed by atoms with van der Waals surface area (Å²) in [5, 5.41) is 14.3. The molecule has 0 atom stereocenters. The molecule has 1 aliphatic rings. The quantitative estimate of drug-likeness (QED) is 0.760. The lowest BCUT2D eigenvalue weighted by Gasteiger charge is -2.35. The van der Waals surface area contributed by atoms with Gasteiger partial charge >= 0.3 is 0 Å². The lowest BCUT2D eigenvalue weighted by molar-refractivity contribution is 0.102. The van der Waals surface area contributed by atoms with E-state index in [4.69, 9.17) is 0 Å². The van der Waals surface area contributed by atoms with Crippen molar-refractivity contribution in [3.63, 3.8) is 0 Å². The monoisotopic (exact) mass is 363 g/mol. The second-order valence-corrected chi connectivity index (χ2v) is 6.53. The number of aromatic nitrogens is 4. The van der Waals surface area contributed by atoms with Crippen LogP contribution in [0.25, 0.3) is 5.69 Å². The van der Waals surface area contributed by atoms with Gasteiger partial charge in [0.05, 0.1) is 22.6 Å². The molecule has 8 heteroatoms. The normalized spacial score (nSPS) is 14.9. The zero-order valence-corrected chi connectivity index (χ0v) is 15.1. The van der Waals surface area contributed by atoms with Crippen LogP contribution < -0.4 is 10.2 Å². The summed E-state index contributed by atoms with van der Waals surface area (Å²) in [4.78, 5) is 17.6. The molecule has 1 N–H and O–H groups in total. The lowest BCUT2D eigenvalue weighted by Crippen LogP contribution is -2.44. The van der Waals surface area contributed by atoms with Gasteiger partial charge in [0.15, 0.2) is 0 Å². The molecule has 8 nitrogen and oxygen atoms in total. The Balaban J connectivity index is 1.60. The van der Waals surface area contributed by atoms with E-state index in [2.05, 4.69) is 37.7 Å². The third-order valence-electron chi connectivity index (χ3n) is 4.74. The van der Waals surface area contributed by atoms with Crippen LogP contribution >= 0.6 is 0 Å². The van der Waals surface area contributed by atoms with Crippen LogP contribution in [0, 0.1) is 0 Å². The summed E-state index contributed by atoms with van der Waals surface area (Å²) < 4.78 is 1.49. The van der Waals surface area contributed by atoms with E-state index in [-0.39, 0.29) is 5.91 Å². The maximum absolute atomic E-state index is 13.0. The molecule has 2 heterocycles. The molecule has 0 spiro atoms. The molecule has 0 aliphatic carbocycles. The Morgan fingerprint density at radius 2 is 1.67 bits per heavy atom. The first kappa shape index (κ1) is 17.2. The van der Waals surface area contributed by atoms with Gasteiger partial charge in [0.2, 0.25) is 0 Å². The molecular formula is C19H21N7O. The van der Waals surface area contributed by atoms with Crippen LogP contribution in [0.3, 0.4) is 0 Å². The molecule has 1 saturated heterocycles. The first-order valence-electron chi connectivity index (χ1n) is 8.88. The van der Waals surface area contributed by atoms with Gasteiger partial charge < -0.3 is 15.1 Å². The number of hydrogen-bond acceptors (Lipinski definition) is 6. The highest BCUT2D eigenvalue weighted by molar-refractivity contribution is 6.08. The fraction of sp³-hybridized carbons (Fsp3) is 0.263. The Bertz CT molecular complexity index is 917. The molecule has 2 aromatic carbocycles. The van der Waals surface area contributed by atoms with Crippen LogP contribution in [0.4, 0.5) is 11.4 Å². The summed E-state index contributed by atoms with van der Waals surface area (Å²) in [6, 6.07) is 15.2. The highest BCUT2D eigenvalue weighted by Crippen LogP contribution is 2.27. The van der Waals surface area contributed by atoms with Crippen LogP contribution in [-0.4, -0.2) is 64.2 Å². The fourth-order valence-electron chi connectivity index (χ4n) is 3.23. The van der Waals surface area contributed by atoms with Crippen LogP contribution in [0.1, 0.15) is 10.4 Å². The van der Waals surface area contributed by atoms with Gasteiger partial charge in [-0.25, -0.2) is 0 Å². The molecule has 4 rings (SSSR count). The van der Waals surface area contributed by atoms with Gasteiger partial charge in [-0.05, 0) is 41.7 Å². The van der Waals surface area contributed by atoms with Gasteiger partial charge in [-0.15, -0.1) is 5.10 Å². The summed E-state index contributed by atoms with van der Waals surface area (Å²) in [7, 11) is 2.13. The Kier molecular flexibility index (Phi) is 4.80. The summed E-state index contributed by atoms with van der Waals surface area (Å²) >= 11 is 0. The maximum Gasteiger partial charge on any atom is 0.257 e. The number of nitrogens with one attached hydrogen (secondary N) is 1. The molecule has 0 bridgehead atoms. The van der Waals surface area contributed by atoms with Crippen molar-refractivity contribution >= 4 is 17.3 Å². The minimum atomic E-state index is -0.192. The van der Waals surface area contributed by atoms with Crippen molar-refractivity contribution in [2.75, 3.05) is 43.4 Å². The first-order valence-corrected chi connectivity index (χ1v) is 8.88. The second-order valence-electron chi connectivity index (χ2n) is 6.53. The topological polar surface area (TPSA) is 79.2 Å². The van der Waals surface area contributed by atoms with E-state index in [1.165, 1.54) is 11.0 Å². The summed E-state index contributed by atoms with van der Waals surface area (Å²) in [6.45, 7) is 3.88. The van der Waals surface area contributed by atoms with E-state index < -0.39 is 0 Å². The molecule has 1 fully saturated rings. The van der Waals surface area contributed by atoms with E-state index in [1.807, 2.05) is 42.5 Å². The van der Waals surface area contributed by atoms with E-state index in [0.29, 0.717) is 11.3 Å². The number of piperazine rings is 1. The summed E-state index contributed by atoms with van der Waals surface area (Å²) in [6.07, 6.45) is 1.48. The van der Waals surface area contributed by atoms with Gasteiger partial charge in [-0.1, -0.05) is 24.3 Å². The predicted octanol–water partition coefficient (Wildman–Crippen LogP) is 1.67. The second kappa shape index (κ2) is 7.55. The molecular weight excluding hydrogens is 342 g/mol. The Morgan fingerprint density at radius 1 is 0.963 bits per heavy atom. The van der Waals surface area contributed by atoms with Crippen molar-refractivity contribution in [3.05, 3.63) is 60.4 Å². The number of nitrogens with zero attached hydrogens (tertiary/aromatic N) is 6. The zero-order chi connectivity index (χ0) is 18.6. The Labute approximate surface area is 157 Å². The third-order valence-corrected chi connectivity index (χ3v) is 4.74. The van der Waals surface area contributed by atoms with Crippen LogP contribution in [0.2, 0.25) is 0 Å². The van der Waals surface area contributed by atoms with Crippen molar-refractivity contribution in [3.8, 4) is 5.69 Å². The van der Waals surface area contributed by atoms with Gasteiger partial charge in [0, 0.05) is 26.2 Å². The Morgan fingerprint density at radius 3 is 2.41 bits per heavy atom. The number of para-hydroxylation sites is 3. The van der Waals surface area contributed by atoms with Crippen LogP contribution in [0.15, 0.2) is 54.9 Å². The van der Waals surface area contributed by atoms with Gasteiger partial charge in [-0.3, -0.25) is 4.79 Å².